The summed E-state index contributed by atoms with van der Waals surface area (Å²) in [6, 6.07) is 0. The minimum absolute atomic E-state index is 0.0729. The molecular weight excluding hydrogens is 480 g/mol. The van der Waals surface area contributed by atoms with E-state index in [1.165, 1.54) is 12.2 Å². The van der Waals surface area contributed by atoms with Crippen LogP contribution in [0.15, 0.2) is 23.8 Å². The van der Waals surface area contributed by atoms with E-state index in [9.17, 15) is 40.5 Å². The van der Waals surface area contributed by atoms with E-state index in [0.717, 1.165) is 0 Å². The van der Waals surface area contributed by atoms with E-state index in [2.05, 4.69) is 0 Å². The van der Waals surface area contributed by atoms with E-state index < -0.39 is 79.0 Å². The molecule has 3 aliphatic rings. The Kier molecular flexibility index (Phi) is 9.12. The first-order valence-corrected chi connectivity index (χ1v) is 11.9. The normalized spacial score (nSPS) is 44.5. The first-order chi connectivity index (χ1) is 16.7. The molecule has 206 valence electrons. The molecular formula is C24H38O12. The molecule has 2 saturated heterocycles. The molecule has 0 unspecified atom stereocenters. The molecule has 36 heavy (non-hydrogen) atoms. The van der Waals surface area contributed by atoms with Gasteiger partial charge in [-0.05, 0) is 31.6 Å². The Morgan fingerprint density at radius 2 is 1.69 bits per heavy atom. The van der Waals surface area contributed by atoms with Crippen molar-refractivity contribution in [2.75, 3.05) is 13.2 Å². The molecule has 0 amide bonds. The van der Waals surface area contributed by atoms with Crippen molar-refractivity contribution < 1.29 is 59.5 Å². The maximum absolute atomic E-state index is 11.9. The molecule has 0 aromatic carbocycles. The number of aliphatic hydroxyl groups excluding tert-OH is 6. The second-order valence-corrected chi connectivity index (χ2v) is 10.4. The Hall–Kier alpha value is -1.29. The van der Waals surface area contributed by atoms with Crippen molar-refractivity contribution in [1.82, 2.24) is 0 Å². The second kappa shape index (κ2) is 11.2. The van der Waals surface area contributed by atoms with Crippen molar-refractivity contribution in [3.63, 3.8) is 0 Å². The number of ether oxygens (including phenoxy) is 4. The standard InChI is InChI=1S/C24H38O12/c1-11-7-13(25)8-23(3,4)24(11,32)6-5-12(2)35-22-20(31)18(29)17(28)15(36-22)10-34-21-19(30)16(27)14(26)9-33-21/h5-7,12,14-22,26-32H,8-10H2,1-4H3/b6-5+/t12-,14+,15-,16-,17-,18+,19-,20-,21-,22-,24-/m0/s1. The van der Waals surface area contributed by atoms with Crippen molar-refractivity contribution in [3.8, 4) is 0 Å². The third-order valence-electron chi connectivity index (χ3n) is 7.13. The Morgan fingerprint density at radius 1 is 1.06 bits per heavy atom. The number of rotatable bonds is 7. The molecule has 2 aliphatic heterocycles. The molecule has 0 saturated carbocycles. The number of ketones is 1. The Labute approximate surface area is 209 Å². The Balaban J connectivity index is 1.64. The van der Waals surface area contributed by atoms with Gasteiger partial charge in [-0.2, -0.15) is 0 Å². The van der Waals surface area contributed by atoms with Gasteiger partial charge in [-0.3, -0.25) is 4.79 Å². The zero-order chi connectivity index (χ0) is 27.0. The molecule has 7 N–H and O–H groups in total. The van der Waals surface area contributed by atoms with Gasteiger partial charge in [0.1, 0.15) is 48.3 Å². The van der Waals surface area contributed by atoms with Crippen LogP contribution in [0.1, 0.15) is 34.1 Å². The zero-order valence-corrected chi connectivity index (χ0v) is 20.8. The fourth-order valence-electron chi connectivity index (χ4n) is 4.68. The number of hydrogen-bond donors (Lipinski definition) is 7. The summed E-state index contributed by atoms with van der Waals surface area (Å²) in [5, 5.41) is 71.6. The monoisotopic (exact) mass is 518 g/mol. The maximum atomic E-state index is 11.9. The van der Waals surface area contributed by atoms with Crippen LogP contribution in [0.2, 0.25) is 0 Å². The molecule has 2 fully saturated rings. The Morgan fingerprint density at radius 3 is 2.33 bits per heavy atom. The topological polar surface area (TPSA) is 196 Å². The second-order valence-electron chi connectivity index (χ2n) is 10.4. The lowest BCUT2D eigenvalue weighted by Gasteiger charge is -2.44. The summed E-state index contributed by atoms with van der Waals surface area (Å²) in [4.78, 5) is 11.9. The summed E-state index contributed by atoms with van der Waals surface area (Å²) < 4.78 is 21.9. The van der Waals surface area contributed by atoms with E-state index in [0.29, 0.717) is 5.57 Å². The molecule has 12 heteroatoms. The van der Waals surface area contributed by atoms with E-state index in [-0.39, 0.29) is 18.8 Å². The number of hydrogen-bond acceptors (Lipinski definition) is 12. The first kappa shape index (κ1) is 29.3. The van der Waals surface area contributed by atoms with Crippen LogP contribution in [-0.2, 0) is 23.7 Å². The van der Waals surface area contributed by atoms with Gasteiger partial charge in [0.25, 0.3) is 0 Å². The summed E-state index contributed by atoms with van der Waals surface area (Å²) in [6.07, 6.45) is -9.09. The van der Waals surface area contributed by atoms with Crippen LogP contribution in [-0.4, -0.2) is 122 Å². The fraction of sp³-hybridized carbons (Fsp3) is 0.792. The van der Waals surface area contributed by atoms with Crippen LogP contribution in [0.4, 0.5) is 0 Å². The van der Waals surface area contributed by atoms with Gasteiger partial charge in [0, 0.05) is 11.8 Å². The smallest absolute Gasteiger partial charge is 0.187 e. The predicted octanol–water partition coefficient (Wildman–Crippen LogP) is -2.11. The minimum atomic E-state index is -1.64. The lowest BCUT2D eigenvalue weighted by molar-refractivity contribution is -0.324. The molecule has 2 heterocycles. The maximum Gasteiger partial charge on any atom is 0.187 e. The van der Waals surface area contributed by atoms with E-state index in [1.54, 1.807) is 33.8 Å². The predicted molar refractivity (Wildman–Crippen MR) is 122 cm³/mol. The van der Waals surface area contributed by atoms with Gasteiger partial charge in [0.05, 0.1) is 19.3 Å². The summed E-state index contributed by atoms with van der Waals surface area (Å²) in [7, 11) is 0. The van der Waals surface area contributed by atoms with Crippen molar-refractivity contribution in [1.29, 1.82) is 0 Å². The molecule has 3 rings (SSSR count). The summed E-state index contributed by atoms with van der Waals surface area (Å²) in [5.41, 5.74) is -1.69. The highest BCUT2D eigenvalue weighted by Crippen LogP contribution is 2.44. The average molecular weight is 519 g/mol. The number of carbonyl (C=O) groups is 1. The highest BCUT2D eigenvalue weighted by molar-refractivity contribution is 5.92. The molecule has 0 bridgehead atoms. The molecule has 11 atom stereocenters. The van der Waals surface area contributed by atoms with Gasteiger partial charge in [0.15, 0.2) is 18.4 Å². The van der Waals surface area contributed by atoms with Crippen LogP contribution >= 0.6 is 0 Å². The highest BCUT2D eigenvalue weighted by Gasteiger charge is 2.48. The third-order valence-corrected chi connectivity index (χ3v) is 7.13. The van der Waals surface area contributed by atoms with E-state index >= 15 is 0 Å². The molecule has 0 aromatic rings. The SMILES string of the molecule is CC1=CC(=O)CC(C)(C)[C@]1(O)/C=C/[C@H](C)O[C@H]1O[C@@H](CO[C@@H]2OC[C@@H](O)[C@H](O)[C@@H]2O)[C@H](O)[C@@H](O)[C@@H]1O. The summed E-state index contributed by atoms with van der Waals surface area (Å²) >= 11 is 0. The van der Waals surface area contributed by atoms with Gasteiger partial charge >= 0.3 is 0 Å². The van der Waals surface area contributed by atoms with Crippen LogP contribution in [0.5, 0.6) is 0 Å². The molecule has 0 radical (unpaired) electrons. The molecule has 0 aromatic heterocycles. The number of allylic oxidation sites excluding steroid dienone is 1. The highest BCUT2D eigenvalue weighted by atomic mass is 16.7. The quantitative estimate of drug-likeness (QED) is 0.181. The number of aliphatic hydroxyl groups is 7. The van der Waals surface area contributed by atoms with Crippen molar-refractivity contribution in [2.45, 2.75) is 101 Å². The molecule has 0 spiro atoms. The lowest BCUT2D eigenvalue weighted by atomic mass is 9.64. The van der Waals surface area contributed by atoms with Gasteiger partial charge in [0.2, 0.25) is 0 Å². The first-order valence-electron chi connectivity index (χ1n) is 11.9. The molecule has 1 aliphatic carbocycles. The van der Waals surface area contributed by atoms with Crippen molar-refractivity contribution >= 4 is 5.78 Å². The molecule has 12 nitrogen and oxygen atoms in total. The van der Waals surface area contributed by atoms with Gasteiger partial charge in [-0.25, -0.2) is 0 Å². The van der Waals surface area contributed by atoms with Crippen LogP contribution in [0.3, 0.4) is 0 Å². The fourth-order valence-corrected chi connectivity index (χ4v) is 4.68. The van der Waals surface area contributed by atoms with Crippen LogP contribution < -0.4 is 0 Å². The number of carbonyl (C=O) groups excluding carboxylic acids is 1. The van der Waals surface area contributed by atoms with Crippen LogP contribution in [0, 0.1) is 5.41 Å². The third kappa shape index (κ3) is 5.89. The Bertz CT molecular complexity index is 843. The summed E-state index contributed by atoms with van der Waals surface area (Å²) in [6.45, 7) is 6.17. The van der Waals surface area contributed by atoms with Gasteiger partial charge in [-0.15, -0.1) is 0 Å². The van der Waals surface area contributed by atoms with Crippen LogP contribution in [0.25, 0.3) is 0 Å². The van der Waals surface area contributed by atoms with Gasteiger partial charge in [-0.1, -0.05) is 19.9 Å². The zero-order valence-electron chi connectivity index (χ0n) is 20.8. The minimum Gasteiger partial charge on any atom is -0.388 e. The summed E-state index contributed by atoms with van der Waals surface area (Å²) in [5.74, 6) is -0.0729. The lowest BCUT2D eigenvalue weighted by Crippen LogP contribution is -2.60. The van der Waals surface area contributed by atoms with E-state index in [4.69, 9.17) is 18.9 Å². The average Bonchev–Trinajstić information content (AvgIpc) is 2.80. The van der Waals surface area contributed by atoms with Gasteiger partial charge < -0.3 is 54.7 Å². The largest absolute Gasteiger partial charge is 0.388 e. The van der Waals surface area contributed by atoms with Crippen molar-refractivity contribution in [3.05, 3.63) is 23.8 Å². The van der Waals surface area contributed by atoms with E-state index in [1.807, 2.05) is 0 Å². The van der Waals surface area contributed by atoms with Crippen molar-refractivity contribution in [2.24, 2.45) is 5.41 Å².